The Balaban J connectivity index is 3.25. The molecule has 3 unspecified atom stereocenters. The number of aliphatic hydroxyl groups is 1. The largest absolute Gasteiger partial charge is 0.386 e. The average Bonchev–Trinajstić information content (AvgIpc) is 2.35. The lowest BCUT2D eigenvalue weighted by Gasteiger charge is -2.45. The third kappa shape index (κ3) is 3.87. The van der Waals surface area contributed by atoms with E-state index in [2.05, 4.69) is 45.6 Å². The van der Waals surface area contributed by atoms with Gasteiger partial charge in [-0.2, -0.15) is 5.26 Å². The summed E-state index contributed by atoms with van der Waals surface area (Å²) in [6.07, 6.45) is 3.56. The third-order valence-electron chi connectivity index (χ3n) is 5.09. The van der Waals surface area contributed by atoms with Crippen molar-refractivity contribution in [2.24, 2.45) is 10.8 Å². The molecule has 0 saturated heterocycles. The molecule has 1 rings (SSSR count). The lowest BCUT2D eigenvalue weighted by atomic mass is 9.63. The first-order valence-corrected chi connectivity index (χ1v) is 8.11. The second-order valence-electron chi connectivity index (χ2n) is 7.76. The normalized spacial score (nSPS) is 29.4. The molecule has 120 valence electrons. The molecule has 0 aromatic rings. The summed E-state index contributed by atoms with van der Waals surface area (Å²) >= 11 is 0. The smallest absolute Gasteiger partial charge is 0.0907 e. The van der Waals surface area contributed by atoms with E-state index in [1.807, 2.05) is 19.9 Å². The Hall–Kier alpha value is -0.850. The van der Waals surface area contributed by atoms with E-state index in [1.165, 1.54) is 0 Å². The molecule has 0 radical (unpaired) electrons. The Labute approximate surface area is 130 Å². The van der Waals surface area contributed by atoms with E-state index in [1.54, 1.807) is 0 Å². The minimum atomic E-state index is -0.821. The van der Waals surface area contributed by atoms with Crippen LogP contribution in [0, 0.1) is 22.2 Å². The number of nitrogens with zero attached hydrogens (tertiary/aromatic N) is 2. The van der Waals surface area contributed by atoms with E-state index in [0.29, 0.717) is 0 Å². The first-order chi connectivity index (χ1) is 9.51. The van der Waals surface area contributed by atoms with Crippen LogP contribution in [0.4, 0.5) is 0 Å². The summed E-state index contributed by atoms with van der Waals surface area (Å²) in [6, 6.07) is 2.68. The van der Waals surface area contributed by atoms with Crippen molar-refractivity contribution in [2.75, 3.05) is 13.1 Å². The third-order valence-corrected chi connectivity index (χ3v) is 5.09. The molecule has 0 aromatic heterocycles. The maximum atomic E-state index is 10.6. The average molecular weight is 292 g/mol. The molecule has 3 nitrogen and oxygen atoms in total. The van der Waals surface area contributed by atoms with Crippen molar-refractivity contribution in [3.8, 4) is 6.07 Å². The van der Waals surface area contributed by atoms with Crippen molar-refractivity contribution >= 4 is 0 Å². The maximum absolute atomic E-state index is 10.6. The van der Waals surface area contributed by atoms with Gasteiger partial charge in [0.05, 0.1) is 17.1 Å². The van der Waals surface area contributed by atoms with Crippen LogP contribution >= 0.6 is 0 Å². The highest BCUT2D eigenvalue weighted by Crippen LogP contribution is 2.47. The van der Waals surface area contributed by atoms with Crippen LogP contribution in [-0.2, 0) is 0 Å². The predicted octanol–water partition coefficient (Wildman–Crippen LogP) is 3.74. The molecule has 3 atom stereocenters. The van der Waals surface area contributed by atoms with Crippen LogP contribution in [0.3, 0.4) is 0 Å². The Morgan fingerprint density at radius 3 is 2.29 bits per heavy atom. The summed E-state index contributed by atoms with van der Waals surface area (Å²) < 4.78 is 0. The first kappa shape index (κ1) is 18.2. The van der Waals surface area contributed by atoms with Crippen molar-refractivity contribution in [1.29, 1.82) is 5.26 Å². The predicted molar refractivity (Wildman–Crippen MR) is 87.8 cm³/mol. The quantitative estimate of drug-likeness (QED) is 0.785. The van der Waals surface area contributed by atoms with E-state index in [-0.39, 0.29) is 11.5 Å². The van der Waals surface area contributed by atoms with Gasteiger partial charge in [-0.1, -0.05) is 33.8 Å². The molecule has 0 aromatic carbocycles. The van der Waals surface area contributed by atoms with Crippen LogP contribution in [0.15, 0.2) is 11.6 Å². The molecular weight excluding hydrogens is 260 g/mol. The monoisotopic (exact) mass is 292 g/mol. The summed E-state index contributed by atoms with van der Waals surface area (Å²) in [5, 5.41) is 20.5. The summed E-state index contributed by atoms with van der Waals surface area (Å²) in [7, 11) is 0. The summed E-state index contributed by atoms with van der Waals surface area (Å²) in [5.74, 6) is 0. The van der Waals surface area contributed by atoms with E-state index in [0.717, 1.165) is 31.5 Å². The van der Waals surface area contributed by atoms with Crippen LogP contribution in [0.5, 0.6) is 0 Å². The Morgan fingerprint density at radius 1 is 1.38 bits per heavy atom. The Morgan fingerprint density at radius 2 is 1.90 bits per heavy atom. The molecule has 0 aliphatic heterocycles. The van der Waals surface area contributed by atoms with Gasteiger partial charge in [-0.05, 0) is 57.7 Å². The van der Waals surface area contributed by atoms with Gasteiger partial charge in [0.25, 0.3) is 0 Å². The minimum Gasteiger partial charge on any atom is -0.386 e. The number of rotatable bonds is 5. The summed E-state index contributed by atoms with van der Waals surface area (Å²) in [5.41, 5.74) is -0.272. The fourth-order valence-corrected chi connectivity index (χ4v) is 3.93. The molecule has 3 heteroatoms. The number of hydrogen-bond donors (Lipinski definition) is 1. The van der Waals surface area contributed by atoms with Crippen LogP contribution in [0.2, 0.25) is 0 Å². The Bertz CT molecular complexity index is 441. The zero-order valence-electron chi connectivity index (χ0n) is 14.8. The number of hydrogen-bond acceptors (Lipinski definition) is 3. The van der Waals surface area contributed by atoms with Gasteiger partial charge in [0.2, 0.25) is 0 Å². The van der Waals surface area contributed by atoms with Gasteiger partial charge in [-0.15, -0.1) is 0 Å². The first-order valence-electron chi connectivity index (χ1n) is 8.11. The zero-order valence-corrected chi connectivity index (χ0v) is 14.8. The fraction of sp³-hybridized carbons (Fsp3) is 0.833. The molecule has 0 amide bonds. The van der Waals surface area contributed by atoms with Crippen LogP contribution in [0.1, 0.15) is 61.3 Å². The van der Waals surface area contributed by atoms with Gasteiger partial charge in [-0.25, -0.2) is 0 Å². The molecule has 0 bridgehead atoms. The van der Waals surface area contributed by atoms with Crippen LogP contribution in [0.25, 0.3) is 0 Å². The molecule has 1 aliphatic carbocycles. The fourth-order valence-electron chi connectivity index (χ4n) is 3.93. The number of nitriles is 1. The zero-order chi connectivity index (χ0) is 16.5. The van der Waals surface area contributed by atoms with Gasteiger partial charge in [0.15, 0.2) is 0 Å². The minimum absolute atomic E-state index is 0.0225. The lowest BCUT2D eigenvalue weighted by Crippen LogP contribution is -2.47. The highest BCUT2D eigenvalue weighted by molar-refractivity contribution is 5.31. The molecule has 0 fully saturated rings. The molecule has 0 spiro atoms. The standard InChI is InChI=1S/C18H32N2O/c1-8-20(9-2)14(3)18(7,13-19)15-10-16(4,5)12-17(6,21)11-15/h11,14,21H,8-10,12H2,1-7H3. The highest BCUT2D eigenvalue weighted by atomic mass is 16.3. The van der Waals surface area contributed by atoms with Crippen molar-refractivity contribution in [3.05, 3.63) is 11.6 Å². The van der Waals surface area contributed by atoms with Gasteiger partial charge >= 0.3 is 0 Å². The highest BCUT2D eigenvalue weighted by Gasteiger charge is 2.44. The van der Waals surface area contributed by atoms with E-state index in [4.69, 9.17) is 0 Å². The molecule has 1 aliphatic rings. The SMILES string of the molecule is CCN(CC)C(C)C(C)(C#N)C1=CC(C)(O)CC(C)(C)C1. The van der Waals surface area contributed by atoms with Gasteiger partial charge in [-0.3, -0.25) is 4.90 Å². The second kappa shape index (κ2) is 6.10. The molecule has 0 saturated carbocycles. The van der Waals surface area contributed by atoms with E-state index >= 15 is 0 Å². The molecule has 1 N–H and O–H groups in total. The van der Waals surface area contributed by atoms with Crippen molar-refractivity contribution in [1.82, 2.24) is 4.90 Å². The molecule has 0 heterocycles. The van der Waals surface area contributed by atoms with Gasteiger partial charge < -0.3 is 5.11 Å². The lowest BCUT2D eigenvalue weighted by molar-refractivity contribution is 0.0395. The van der Waals surface area contributed by atoms with E-state index in [9.17, 15) is 10.4 Å². The van der Waals surface area contributed by atoms with Crippen molar-refractivity contribution in [3.63, 3.8) is 0 Å². The van der Waals surface area contributed by atoms with Crippen molar-refractivity contribution < 1.29 is 5.11 Å². The molecular formula is C18H32N2O. The Kier molecular flexibility index (Phi) is 5.29. The summed E-state index contributed by atoms with van der Waals surface area (Å²) in [6.45, 7) is 16.5. The van der Waals surface area contributed by atoms with Crippen molar-refractivity contribution in [2.45, 2.75) is 73.0 Å². The van der Waals surface area contributed by atoms with Crippen LogP contribution < -0.4 is 0 Å². The summed E-state index contributed by atoms with van der Waals surface area (Å²) in [4.78, 5) is 2.32. The van der Waals surface area contributed by atoms with E-state index < -0.39 is 11.0 Å². The second-order valence-corrected chi connectivity index (χ2v) is 7.76. The van der Waals surface area contributed by atoms with Gasteiger partial charge in [0, 0.05) is 6.04 Å². The van der Waals surface area contributed by atoms with Crippen LogP contribution in [-0.4, -0.2) is 34.7 Å². The van der Waals surface area contributed by atoms with Gasteiger partial charge in [0.1, 0.15) is 0 Å². The molecule has 21 heavy (non-hydrogen) atoms. The topological polar surface area (TPSA) is 47.3 Å². The maximum Gasteiger partial charge on any atom is 0.0907 e.